The number of benzene rings is 1. The summed E-state index contributed by atoms with van der Waals surface area (Å²) in [6.45, 7) is 9.99. The van der Waals surface area contributed by atoms with E-state index in [2.05, 4.69) is 36.6 Å². The van der Waals surface area contributed by atoms with Gasteiger partial charge < -0.3 is 15.0 Å². The summed E-state index contributed by atoms with van der Waals surface area (Å²) in [5.41, 5.74) is 4.89. The molecule has 40 heavy (non-hydrogen) atoms. The minimum Gasteiger partial charge on any atom is -0.466 e. The largest absolute Gasteiger partial charge is 0.466 e. The van der Waals surface area contributed by atoms with Crippen LogP contribution in [0.15, 0.2) is 42.9 Å². The third-order valence-electron chi connectivity index (χ3n) is 7.13. The quantitative estimate of drug-likeness (QED) is 0.287. The molecule has 1 aliphatic rings. The lowest BCUT2D eigenvalue weighted by Gasteiger charge is -2.37. The summed E-state index contributed by atoms with van der Waals surface area (Å²) in [5.74, 6) is 0.505. The second kappa shape index (κ2) is 11.5. The Bertz CT molecular complexity index is 1530. The molecule has 0 atom stereocenters. The first-order chi connectivity index (χ1) is 19.3. The number of carbonyl (C=O) groups excluding carboxylic acids is 2. The minimum atomic E-state index is -0.472. The van der Waals surface area contributed by atoms with E-state index in [1.165, 1.54) is 11.3 Å². The van der Waals surface area contributed by atoms with Crippen LogP contribution in [0.1, 0.15) is 39.2 Å². The van der Waals surface area contributed by atoms with Gasteiger partial charge >= 0.3 is 12.0 Å². The Morgan fingerprint density at radius 3 is 2.50 bits per heavy atom. The molecule has 1 saturated heterocycles. The van der Waals surface area contributed by atoms with E-state index in [9.17, 15) is 9.59 Å². The molecular weight excluding hydrogens is 526 g/mol. The Labute approximate surface area is 237 Å². The number of esters is 1. The van der Waals surface area contributed by atoms with Gasteiger partial charge in [0, 0.05) is 49.4 Å². The number of nitrogens with zero attached hydrogens (tertiary/aromatic N) is 5. The molecule has 2 amide bonds. The maximum atomic E-state index is 12.4. The highest BCUT2D eigenvalue weighted by Crippen LogP contribution is 2.38. The maximum absolute atomic E-state index is 12.4. The van der Waals surface area contributed by atoms with Crippen molar-refractivity contribution in [3.63, 3.8) is 0 Å². The Morgan fingerprint density at radius 1 is 1.07 bits per heavy atom. The number of ether oxygens (including phenoxy) is 1. The van der Waals surface area contributed by atoms with Gasteiger partial charge in [-0.25, -0.2) is 19.7 Å². The molecule has 3 aromatic heterocycles. The van der Waals surface area contributed by atoms with Crippen LogP contribution in [0.3, 0.4) is 0 Å². The van der Waals surface area contributed by atoms with Gasteiger partial charge in [0.15, 0.2) is 5.13 Å². The van der Waals surface area contributed by atoms with Gasteiger partial charge in [0.25, 0.3) is 0 Å². The van der Waals surface area contributed by atoms with Crippen LogP contribution >= 0.6 is 11.3 Å². The molecule has 1 aromatic carbocycles. The maximum Gasteiger partial charge on any atom is 0.321 e. The van der Waals surface area contributed by atoms with Crippen molar-refractivity contribution in [2.45, 2.75) is 40.5 Å². The molecular formula is C29H33N7O3S. The molecule has 0 radical (unpaired) electrons. The first-order valence-electron chi connectivity index (χ1n) is 13.5. The molecule has 10 nitrogen and oxygen atoms in total. The molecule has 11 heteroatoms. The number of fused-ring (bicyclic) bond motifs is 1. The van der Waals surface area contributed by atoms with Crippen molar-refractivity contribution in [2.75, 3.05) is 36.5 Å². The Hall–Kier alpha value is -4.12. The normalized spacial score (nSPS) is 14.7. The van der Waals surface area contributed by atoms with E-state index in [-0.39, 0.29) is 12.0 Å². The van der Waals surface area contributed by atoms with Gasteiger partial charge in [-0.05, 0) is 75.9 Å². The first kappa shape index (κ1) is 27.4. The first-order valence-corrected chi connectivity index (χ1v) is 14.3. The van der Waals surface area contributed by atoms with E-state index in [4.69, 9.17) is 9.72 Å². The molecule has 2 N–H and O–H groups in total. The topological polar surface area (TPSA) is 122 Å². The van der Waals surface area contributed by atoms with Crippen LogP contribution in [-0.4, -0.2) is 58.2 Å². The van der Waals surface area contributed by atoms with Gasteiger partial charge in [-0.3, -0.25) is 15.1 Å². The van der Waals surface area contributed by atoms with E-state index < -0.39 is 5.41 Å². The zero-order valence-corrected chi connectivity index (χ0v) is 24.0. The molecule has 4 heterocycles. The van der Waals surface area contributed by atoms with Crippen molar-refractivity contribution in [1.29, 1.82) is 0 Å². The fourth-order valence-corrected chi connectivity index (χ4v) is 5.74. The number of piperidine rings is 1. The monoisotopic (exact) mass is 559 g/mol. The number of hydrogen-bond acceptors (Lipinski definition) is 9. The average molecular weight is 560 g/mol. The van der Waals surface area contributed by atoms with Crippen LogP contribution in [0, 0.1) is 12.3 Å². The summed E-state index contributed by atoms with van der Waals surface area (Å²) >= 11 is 1.41. The predicted octanol–water partition coefficient (Wildman–Crippen LogP) is 5.43. The van der Waals surface area contributed by atoms with Gasteiger partial charge in [0.05, 0.1) is 27.9 Å². The molecule has 0 spiro atoms. The third-order valence-corrected chi connectivity index (χ3v) is 8.15. The number of thiazole rings is 1. The van der Waals surface area contributed by atoms with Gasteiger partial charge in [-0.1, -0.05) is 11.3 Å². The predicted molar refractivity (Wildman–Crippen MR) is 157 cm³/mol. The molecule has 208 valence electrons. The van der Waals surface area contributed by atoms with E-state index in [1.54, 1.807) is 6.20 Å². The van der Waals surface area contributed by atoms with Crippen molar-refractivity contribution in [1.82, 2.24) is 25.3 Å². The summed E-state index contributed by atoms with van der Waals surface area (Å²) in [5, 5.41) is 6.07. The molecule has 1 aliphatic heterocycles. The average Bonchev–Trinajstić information content (AvgIpc) is 3.35. The lowest BCUT2D eigenvalue weighted by atomic mass is 9.80. The molecule has 0 bridgehead atoms. The SMILES string of the molecule is CCNC(=O)Nc1nc2cc(-c3cnc(N4CCC(C)(C(=O)OCC)CC4)nc3)cc(-c3cc(C)ccn3)c2s1. The summed E-state index contributed by atoms with van der Waals surface area (Å²) in [6.07, 6.45) is 6.81. The number of rotatable bonds is 7. The highest BCUT2D eigenvalue weighted by molar-refractivity contribution is 7.22. The van der Waals surface area contributed by atoms with E-state index in [1.807, 2.05) is 58.3 Å². The molecule has 0 aliphatic carbocycles. The Morgan fingerprint density at radius 2 is 1.82 bits per heavy atom. The minimum absolute atomic E-state index is 0.133. The number of aromatic nitrogens is 4. The molecule has 0 saturated carbocycles. The number of urea groups is 1. The molecule has 4 aromatic rings. The van der Waals surface area contributed by atoms with Crippen molar-refractivity contribution in [3.05, 3.63) is 48.4 Å². The highest BCUT2D eigenvalue weighted by Gasteiger charge is 2.38. The number of anilines is 2. The Kier molecular flexibility index (Phi) is 7.92. The highest BCUT2D eigenvalue weighted by atomic mass is 32.1. The second-order valence-electron chi connectivity index (χ2n) is 10.1. The number of aryl methyl sites for hydroxylation is 1. The van der Waals surface area contributed by atoms with Gasteiger partial charge in [0.2, 0.25) is 5.95 Å². The number of pyridine rings is 1. The van der Waals surface area contributed by atoms with Crippen LogP contribution in [0.4, 0.5) is 15.9 Å². The third kappa shape index (κ3) is 5.74. The van der Waals surface area contributed by atoms with E-state index in [0.717, 1.165) is 38.2 Å². The van der Waals surface area contributed by atoms with Crippen molar-refractivity contribution in [2.24, 2.45) is 5.41 Å². The number of carbonyl (C=O) groups is 2. The zero-order chi connectivity index (χ0) is 28.3. The van der Waals surface area contributed by atoms with Crippen molar-refractivity contribution >= 4 is 44.6 Å². The number of amides is 2. The van der Waals surface area contributed by atoms with Crippen LogP contribution in [0.2, 0.25) is 0 Å². The van der Waals surface area contributed by atoms with Crippen LogP contribution < -0.4 is 15.5 Å². The van der Waals surface area contributed by atoms with Crippen LogP contribution in [0.5, 0.6) is 0 Å². The second-order valence-corrected chi connectivity index (χ2v) is 11.1. The number of hydrogen-bond donors (Lipinski definition) is 2. The lowest BCUT2D eigenvalue weighted by Crippen LogP contribution is -2.44. The number of nitrogens with one attached hydrogen (secondary N) is 2. The van der Waals surface area contributed by atoms with Crippen molar-refractivity contribution < 1.29 is 14.3 Å². The molecule has 5 rings (SSSR count). The molecule has 1 fully saturated rings. The molecule has 0 unspecified atom stereocenters. The van der Waals surface area contributed by atoms with Crippen molar-refractivity contribution in [3.8, 4) is 22.4 Å². The van der Waals surface area contributed by atoms with Gasteiger partial charge in [-0.15, -0.1) is 0 Å². The summed E-state index contributed by atoms with van der Waals surface area (Å²) < 4.78 is 6.21. The fraction of sp³-hybridized carbons (Fsp3) is 0.379. The fourth-order valence-electron chi connectivity index (χ4n) is 4.77. The van der Waals surface area contributed by atoms with Gasteiger partial charge in [-0.2, -0.15) is 0 Å². The standard InChI is InChI=1S/C29H33N7O3S/c1-5-30-27(38)35-28-34-23-15-19(14-21(24(23)40-28)22-13-18(3)7-10-31-22)20-16-32-26(33-17-20)36-11-8-29(4,9-12-36)25(37)39-6-2/h7,10,13-17H,5-6,8-9,11-12H2,1-4H3,(H2,30,34,35,38). The van der Waals surface area contributed by atoms with Crippen LogP contribution in [0.25, 0.3) is 32.6 Å². The summed E-state index contributed by atoms with van der Waals surface area (Å²) in [7, 11) is 0. The zero-order valence-electron chi connectivity index (χ0n) is 23.2. The van der Waals surface area contributed by atoms with E-state index in [0.29, 0.717) is 50.2 Å². The summed E-state index contributed by atoms with van der Waals surface area (Å²) in [6, 6.07) is 7.76. The Balaban J connectivity index is 1.43. The van der Waals surface area contributed by atoms with Gasteiger partial charge in [0.1, 0.15) is 0 Å². The summed E-state index contributed by atoms with van der Waals surface area (Å²) in [4.78, 5) is 45.3. The van der Waals surface area contributed by atoms with E-state index >= 15 is 0 Å². The van der Waals surface area contributed by atoms with Crippen LogP contribution in [-0.2, 0) is 9.53 Å². The lowest BCUT2D eigenvalue weighted by molar-refractivity contribution is -0.155. The smallest absolute Gasteiger partial charge is 0.321 e.